The van der Waals surface area contributed by atoms with Gasteiger partial charge >= 0.3 is 0 Å². The van der Waals surface area contributed by atoms with E-state index in [2.05, 4.69) is 90.3 Å². The summed E-state index contributed by atoms with van der Waals surface area (Å²) in [4.78, 5) is 4.99. The second-order valence-electron chi connectivity index (χ2n) is 9.50. The highest BCUT2D eigenvalue weighted by molar-refractivity contribution is 5.56. The largest absolute Gasteiger partial charge is 0.496 e. The van der Waals surface area contributed by atoms with Crippen LogP contribution in [0.25, 0.3) is 0 Å². The van der Waals surface area contributed by atoms with Gasteiger partial charge in [0, 0.05) is 37.4 Å². The van der Waals surface area contributed by atoms with Crippen molar-refractivity contribution in [1.82, 2.24) is 25.1 Å². The van der Waals surface area contributed by atoms with Crippen LogP contribution in [-0.2, 0) is 5.54 Å². The van der Waals surface area contributed by atoms with Crippen molar-refractivity contribution in [2.75, 3.05) is 38.2 Å². The highest BCUT2D eigenvalue weighted by Gasteiger charge is 2.35. The zero-order valence-corrected chi connectivity index (χ0v) is 20.7. The third kappa shape index (κ3) is 4.47. The first kappa shape index (κ1) is 23.2. The van der Waals surface area contributed by atoms with Crippen LogP contribution in [0, 0.1) is 13.8 Å². The number of aryl methyl sites for hydroxylation is 1. The van der Waals surface area contributed by atoms with Gasteiger partial charge in [-0.1, -0.05) is 37.3 Å². The van der Waals surface area contributed by atoms with Gasteiger partial charge in [0.05, 0.1) is 12.6 Å². The smallest absolute Gasteiger partial charge is 0.173 e. The fraction of sp³-hybridized carbons (Fsp3) is 0.500. The molecule has 1 aromatic heterocycles. The summed E-state index contributed by atoms with van der Waals surface area (Å²) in [7, 11) is 1.73. The predicted octanol–water partition coefficient (Wildman–Crippen LogP) is 4.36. The van der Waals surface area contributed by atoms with Crippen LogP contribution in [0.4, 0.5) is 5.69 Å². The summed E-state index contributed by atoms with van der Waals surface area (Å²) < 4.78 is 7.77. The molecule has 1 aliphatic heterocycles. The third-order valence-electron chi connectivity index (χ3n) is 7.21. The summed E-state index contributed by atoms with van der Waals surface area (Å²) in [5.74, 6) is 1.73. The van der Waals surface area contributed by atoms with Crippen molar-refractivity contribution in [3.63, 3.8) is 0 Å². The van der Waals surface area contributed by atoms with Gasteiger partial charge in [0.25, 0.3) is 0 Å². The van der Waals surface area contributed by atoms with Crippen molar-refractivity contribution in [2.45, 2.75) is 52.6 Å². The minimum absolute atomic E-state index is 0.0808. The number of benzene rings is 2. The number of para-hydroxylation sites is 1. The Morgan fingerprint density at radius 3 is 2.42 bits per heavy atom. The number of tetrazole rings is 1. The summed E-state index contributed by atoms with van der Waals surface area (Å²) >= 11 is 0. The summed E-state index contributed by atoms with van der Waals surface area (Å²) in [6, 6.07) is 14.7. The average Bonchev–Trinajstić information content (AvgIpc) is 3.32. The molecule has 3 aromatic rings. The Balaban J connectivity index is 1.69. The van der Waals surface area contributed by atoms with Gasteiger partial charge in [0.15, 0.2) is 5.82 Å². The molecular formula is C26H36N6O. The van der Waals surface area contributed by atoms with Crippen LogP contribution >= 0.6 is 0 Å². The molecule has 33 heavy (non-hydrogen) atoms. The molecular weight excluding hydrogens is 412 g/mol. The molecule has 0 bridgehead atoms. The van der Waals surface area contributed by atoms with Gasteiger partial charge in [-0.15, -0.1) is 5.10 Å². The highest BCUT2D eigenvalue weighted by atomic mass is 16.5. The lowest BCUT2D eigenvalue weighted by atomic mass is 9.98. The topological polar surface area (TPSA) is 59.3 Å². The van der Waals surface area contributed by atoms with E-state index in [0.717, 1.165) is 49.7 Å². The molecule has 0 spiro atoms. The quantitative estimate of drug-likeness (QED) is 0.535. The Labute approximate surface area is 197 Å². The predicted molar refractivity (Wildman–Crippen MR) is 132 cm³/mol. The van der Waals surface area contributed by atoms with E-state index in [4.69, 9.17) is 4.74 Å². The molecule has 7 heteroatoms. The maximum absolute atomic E-state index is 5.77. The SMILES string of the molecule is CCC(C)(C)n1nnnc1C(c1ccccc1OC)N1CCN(c2cccc(C)c2C)CC1. The van der Waals surface area contributed by atoms with Crippen LogP contribution in [0.3, 0.4) is 0 Å². The van der Waals surface area contributed by atoms with Crippen LogP contribution in [0.2, 0.25) is 0 Å². The number of methoxy groups -OCH3 is 1. The van der Waals surface area contributed by atoms with Gasteiger partial charge in [-0.3, -0.25) is 4.90 Å². The van der Waals surface area contributed by atoms with E-state index in [1.54, 1.807) is 7.11 Å². The van der Waals surface area contributed by atoms with Crippen LogP contribution < -0.4 is 9.64 Å². The number of ether oxygens (including phenoxy) is 1. The zero-order chi connectivity index (χ0) is 23.6. The molecule has 7 nitrogen and oxygen atoms in total. The number of aromatic nitrogens is 4. The number of anilines is 1. The molecule has 0 saturated carbocycles. The number of rotatable bonds is 7. The molecule has 1 saturated heterocycles. The number of hydrogen-bond donors (Lipinski definition) is 0. The summed E-state index contributed by atoms with van der Waals surface area (Å²) in [6.45, 7) is 14.7. The van der Waals surface area contributed by atoms with Gasteiger partial charge in [-0.05, 0) is 67.8 Å². The Morgan fingerprint density at radius 1 is 1.00 bits per heavy atom. The zero-order valence-electron chi connectivity index (χ0n) is 20.7. The molecule has 1 fully saturated rings. The first-order valence-corrected chi connectivity index (χ1v) is 11.8. The van der Waals surface area contributed by atoms with E-state index in [0.29, 0.717) is 0 Å². The first-order chi connectivity index (χ1) is 15.9. The van der Waals surface area contributed by atoms with E-state index < -0.39 is 0 Å². The minimum atomic E-state index is -0.181. The van der Waals surface area contributed by atoms with Crippen molar-refractivity contribution < 1.29 is 4.74 Å². The van der Waals surface area contributed by atoms with Crippen LogP contribution in [0.1, 0.15) is 55.7 Å². The molecule has 2 aromatic carbocycles. The van der Waals surface area contributed by atoms with Crippen molar-refractivity contribution >= 4 is 5.69 Å². The molecule has 4 rings (SSSR count). The lowest BCUT2D eigenvalue weighted by molar-refractivity contribution is 0.184. The van der Waals surface area contributed by atoms with Crippen LogP contribution in [-0.4, -0.2) is 58.4 Å². The molecule has 0 aliphatic carbocycles. The van der Waals surface area contributed by atoms with Gasteiger partial charge in [0.1, 0.15) is 11.8 Å². The third-order valence-corrected chi connectivity index (χ3v) is 7.21. The van der Waals surface area contributed by atoms with Crippen molar-refractivity contribution in [3.05, 3.63) is 65.0 Å². The number of hydrogen-bond acceptors (Lipinski definition) is 6. The Morgan fingerprint density at radius 2 is 1.73 bits per heavy atom. The molecule has 1 atom stereocenters. The summed E-state index contributed by atoms with van der Waals surface area (Å²) in [5, 5.41) is 13.1. The molecule has 0 amide bonds. The molecule has 1 unspecified atom stereocenters. The second-order valence-corrected chi connectivity index (χ2v) is 9.50. The van der Waals surface area contributed by atoms with E-state index in [-0.39, 0.29) is 11.6 Å². The van der Waals surface area contributed by atoms with Crippen molar-refractivity contribution in [2.24, 2.45) is 0 Å². The standard InChI is InChI=1S/C26H36N6O/c1-7-26(4,5)32-25(27-28-29-32)24(21-12-8-9-14-23(21)33-6)31-17-15-30(16-18-31)22-13-10-11-19(2)20(22)3/h8-14,24H,7,15-18H2,1-6H3. The molecule has 0 N–H and O–H groups in total. The Kier molecular flexibility index (Phi) is 6.70. The number of nitrogens with zero attached hydrogens (tertiary/aromatic N) is 6. The first-order valence-electron chi connectivity index (χ1n) is 11.8. The Bertz CT molecular complexity index is 1080. The van der Waals surface area contributed by atoms with E-state index in [1.165, 1.54) is 16.8 Å². The maximum Gasteiger partial charge on any atom is 0.173 e. The average molecular weight is 449 g/mol. The fourth-order valence-electron chi connectivity index (χ4n) is 4.64. The molecule has 2 heterocycles. The van der Waals surface area contributed by atoms with E-state index in [1.807, 2.05) is 16.8 Å². The van der Waals surface area contributed by atoms with E-state index in [9.17, 15) is 0 Å². The lowest BCUT2D eigenvalue weighted by Crippen LogP contribution is -2.49. The fourth-order valence-corrected chi connectivity index (χ4v) is 4.64. The highest BCUT2D eigenvalue weighted by Crippen LogP contribution is 2.36. The van der Waals surface area contributed by atoms with Gasteiger partial charge in [0.2, 0.25) is 0 Å². The number of piperazine rings is 1. The van der Waals surface area contributed by atoms with Crippen molar-refractivity contribution in [1.29, 1.82) is 0 Å². The monoisotopic (exact) mass is 448 g/mol. The minimum Gasteiger partial charge on any atom is -0.496 e. The van der Waals surface area contributed by atoms with Crippen molar-refractivity contribution in [3.8, 4) is 5.75 Å². The second kappa shape index (κ2) is 9.51. The van der Waals surface area contributed by atoms with Crippen LogP contribution in [0.5, 0.6) is 5.75 Å². The van der Waals surface area contributed by atoms with E-state index >= 15 is 0 Å². The maximum atomic E-state index is 5.77. The lowest BCUT2D eigenvalue weighted by Gasteiger charge is -2.41. The van der Waals surface area contributed by atoms with Crippen LogP contribution in [0.15, 0.2) is 42.5 Å². The van der Waals surface area contributed by atoms with Gasteiger partial charge < -0.3 is 9.64 Å². The summed E-state index contributed by atoms with van der Waals surface area (Å²) in [5.41, 5.74) is 4.95. The normalized spacial score (nSPS) is 16.1. The molecule has 0 radical (unpaired) electrons. The summed E-state index contributed by atoms with van der Waals surface area (Å²) in [6.07, 6.45) is 0.935. The molecule has 176 valence electrons. The van der Waals surface area contributed by atoms with Gasteiger partial charge in [-0.2, -0.15) is 0 Å². The van der Waals surface area contributed by atoms with Gasteiger partial charge in [-0.25, -0.2) is 4.68 Å². The molecule has 1 aliphatic rings. The Hall–Kier alpha value is -2.93.